The van der Waals surface area contributed by atoms with Crippen molar-refractivity contribution in [2.45, 2.75) is 62.7 Å². The third kappa shape index (κ3) is 4.71. The molecule has 2 N–H and O–H groups in total. The van der Waals surface area contributed by atoms with Crippen molar-refractivity contribution < 1.29 is 14.7 Å². The van der Waals surface area contributed by atoms with E-state index in [9.17, 15) is 9.59 Å². The second-order valence-corrected chi connectivity index (χ2v) is 6.96. The molecule has 0 aromatic rings. The predicted octanol–water partition coefficient (Wildman–Crippen LogP) is 2.42. The average molecular weight is 285 g/mol. The molecule has 0 radical (unpaired) electrons. The van der Waals surface area contributed by atoms with Gasteiger partial charge in [-0.1, -0.05) is 12.8 Å². The van der Waals surface area contributed by atoms with Crippen LogP contribution in [0.15, 0.2) is 0 Å². The Labute approximate surface area is 118 Å². The minimum atomic E-state index is -0.664. The Morgan fingerprint density at radius 3 is 2.26 bits per heavy atom. The Balaban J connectivity index is 1.60. The Hall–Kier alpha value is -0.710. The van der Waals surface area contributed by atoms with Crippen molar-refractivity contribution in [3.05, 3.63) is 0 Å². The number of carboxylic acids is 1. The van der Waals surface area contributed by atoms with Crippen LogP contribution in [0.2, 0.25) is 0 Å². The first-order chi connectivity index (χ1) is 9.15. The van der Waals surface area contributed by atoms with Crippen LogP contribution >= 0.6 is 11.8 Å². The first-order valence-corrected chi connectivity index (χ1v) is 8.34. The van der Waals surface area contributed by atoms with Crippen molar-refractivity contribution in [1.82, 2.24) is 5.32 Å². The first kappa shape index (κ1) is 14.7. The molecule has 0 unspecified atom stereocenters. The maximum atomic E-state index is 11.8. The van der Waals surface area contributed by atoms with Crippen LogP contribution in [0.4, 0.5) is 0 Å². The number of carbonyl (C=O) groups excluding carboxylic acids is 1. The number of nitrogens with one attached hydrogen (secondary N) is 1. The molecule has 2 aliphatic rings. The second-order valence-electron chi connectivity index (χ2n) is 5.67. The highest BCUT2D eigenvalue weighted by Crippen LogP contribution is 2.32. The van der Waals surface area contributed by atoms with E-state index in [1.165, 1.54) is 12.8 Å². The van der Waals surface area contributed by atoms with Crippen LogP contribution in [0.5, 0.6) is 0 Å². The summed E-state index contributed by atoms with van der Waals surface area (Å²) in [6.45, 7) is 0. The summed E-state index contributed by atoms with van der Waals surface area (Å²) >= 11 is 1.70. The third-order valence-corrected chi connectivity index (χ3v) is 5.57. The molecule has 0 aliphatic heterocycles. The Morgan fingerprint density at radius 2 is 1.68 bits per heavy atom. The molecule has 5 heteroatoms. The highest BCUT2D eigenvalue weighted by molar-refractivity contribution is 8.00. The number of carbonyl (C=O) groups is 2. The van der Waals surface area contributed by atoms with Gasteiger partial charge in [0.05, 0.1) is 11.7 Å². The number of hydrogen-bond donors (Lipinski definition) is 2. The van der Waals surface area contributed by atoms with Gasteiger partial charge in [-0.05, 0) is 38.5 Å². The van der Waals surface area contributed by atoms with Crippen molar-refractivity contribution in [2.24, 2.45) is 5.92 Å². The summed E-state index contributed by atoms with van der Waals surface area (Å²) in [7, 11) is 0. The Bertz CT molecular complexity index is 321. The molecule has 0 aromatic heterocycles. The SMILES string of the molecule is O=C(CSC1CCC(C(=O)O)CC1)NC1CCCC1. The Morgan fingerprint density at radius 1 is 1.05 bits per heavy atom. The largest absolute Gasteiger partial charge is 0.481 e. The number of rotatable bonds is 5. The van der Waals surface area contributed by atoms with E-state index in [1.807, 2.05) is 0 Å². The van der Waals surface area contributed by atoms with E-state index < -0.39 is 5.97 Å². The molecule has 108 valence electrons. The second kappa shape index (κ2) is 7.17. The number of aliphatic carboxylic acids is 1. The molecule has 0 heterocycles. The van der Waals surface area contributed by atoms with E-state index >= 15 is 0 Å². The minimum absolute atomic E-state index is 0.150. The van der Waals surface area contributed by atoms with Crippen molar-refractivity contribution >= 4 is 23.6 Å². The van der Waals surface area contributed by atoms with Crippen molar-refractivity contribution in [2.75, 3.05) is 5.75 Å². The summed E-state index contributed by atoms with van der Waals surface area (Å²) in [6, 6.07) is 0.399. The molecule has 2 saturated carbocycles. The highest BCUT2D eigenvalue weighted by Gasteiger charge is 2.26. The standard InChI is InChI=1S/C14H23NO3S/c16-13(15-11-3-1-2-4-11)9-19-12-7-5-10(6-8-12)14(17)18/h10-12H,1-9H2,(H,15,16)(H,17,18). The summed E-state index contributed by atoms with van der Waals surface area (Å²) in [6.07, 6.45) is 8.10. The number of hydrogen-bond acceptors (Lipinski definition) is 3. The lowest BCUT2D eigenvalue weighted by atomic mass is 9.89. The number of carboxylic acid groups (broad SMARTS) is 1. The molecule has 0 spiro atoms. The molecule has 0 aromatic carbocycles. The first-order valence-electron chi connectivity index (χ1n) is 7.29. The van der Waals surface area contributed by atoms with Gasteiger partial charge in [0, 0.05) is 11.3 Å². The van der Waals surface area contributed by atoms with Gasteiger partial charge in [0.1, 0.15) is 0 Å². The summed E-state index contributed by atoms with van der Waals surface area (Å²) in [5, 5.41) is 12.5. The highest BCUT2D eigenvalue weighted by atomic mass is 32.2. The molecular formula is C14H23NO3S. The zero-order chi connectivity index (χ0) is 13.7. The zero-order valence-electron chi connectivity index (χ0n) is 11.3. The molecule has 0 atom stereocenters. The van der Waals surface area contributed by atoms with Gasteiger partial charge in [-0.3, -0.25) is 9.59 Å². The van der Waals surface area contributed by atoms with Crippen LogP contribution in [-0.4, -0.2) is 34.0 Å². The van der Waals surface area contributed by atoms with Crippen LogP contribution in [0.25, 0.3) is 0 Å². The molecule has 0 saturated heterocycles. The molecule has 4 nitrogen and oxygen atoms in total. The lowest BCUT2D eigenvalue weighted by Gasteiger charge is -2.25. The Kier molecular flexibility index (Phi) is 5.55. The summed E-state index contributed by atoms with van der Waals surface area (Å²) in [4.78, 5) is 22.6. The number of thioether (sulfide) groups is 1. The van der Waals surface area contributed by atoms with Crippen LogP contribution in [-0.2, 0) is 9.59 Å². The zero-order valence-corrected chi connectivity index (χ0v) is 12.1. The fourth-order valence-corrected chi connectivity index (χ4v) is 4.09. The fourth-order valence-electron chi connectivity index (χ4n) is 3.01. The average Bonchev–Trinajstić information content (AvgIpc) is 2.89. The molecule has 19 heavy (non-hydrogen) atoms. The summed E-state index contributed by atoms with van der Waals surface area (Å²) in [5.74, 6) is -0.150. The van der Waals surface area contributed by atoms with Gasteiger partial charge in [-0.15, -0.1) is 11.8 Å². The van der Waals surface area contributed by atoms with Gasteiger partial charge >= 0.3 is 5.97 Å². The van der Waals surface area contributed by atoms with Gasteiger partial charge in [0.15, 0.2) is 0 Å². The van der Waals surface area contributed by atoms with E-state index in [0.717, 1.165) is 38.5 Å². The quantitative estimate of drug-likeness (QED) is 0.814. The van der Waals surface area contributed by atoms with Gasteiger partial charge in [0.25, 0.3) is 0 Å². The molecule has 0 bridgehead atoms. The van der Waals surface area contributed by atoms with Crippen molar-refractivity contribution in [1.29, 1.82) is 0 Å². The summed E-state index contributed by atoms with van der Waals surface area (Å²) < 4.78 is 0. The monoisotopic (exact) mass is 285 g/mol. The lowest BCUT2D eigenvalue weighted by Crippen LogP contribution is -2.34. The van der Waals surface area contributed by atoms with Crippen molar-refractivity contribution in [3.63, 3.8) is 0 Å². The molecular weight excluding hydrogens is 262 g/mol. The van der Waals surface area contributed by atoms with Gasteiger partial charge in [0.2, 0.25) is 5.91 Å². The number of amides is 1. The minimum Gasteiger partial charge on any atom is -0.481 e. The lowest BCUT2D eigenvalue weighted by molar-refractivity contribution is -0.142. The maximum absolute atomic E-state index is 11.8. The fraction of sp³-hybridized carbons (Fsp3) is 0.857. The van der Waals surface area contributed by atoms with Gasteiger partial charge in [-0.2, -0.15) is 0 Å². The van der Waals surface area contributed by atoms with Crippen LogP contribution in [0, 0.1) is 5.92 Å². The predicted molar refractivity (Wildman–Crippen MR) is 76.2 cm³/mol. The molecule has 1 amide bonds. The normalized spacial score (nSPS) is 28.2. The van der Waals surface area contributed by atoms with Crippen molar-refractivity contribution in [3.8, 4) is 0 Å². The van der Waals surface area contributed by atoms with E-state index in [2.05, 4.69) is 5.32 Å². The van der Waals surface area contributed by atoms with E-state index in [0.29, 0.717) is 17.0 Å². The van der Waals surface area contributed by atoms with Crippen LogP contribution < -0.4 is 5.32 Å². The van der Waals surface area contributed by atoms with Crippen LogP contribution in [0.3, 0.4) is 0 Å². The van der Waals surface area contributed by atoms with Gasteiger partial charge in [-0.25, -0.2) is 0 Å². The summed E-state index contributed by atoms with van der Waals surface area (Å²) in [5.41, 5.74) is 0. The topological polar surface area (TPSA) is 66.4 Å². The molecule has 2 rings (SSSR count). The third-order valence-electron chi connectivity index (χ3n) is 4.19. The van der Waals surface area contributed by atoms with Gasteiger partial charge < -0.3 is 10.4 Å². The molecule has 2 aliphatic carbocycles. The smallest absolute Gasteiger partial charge is 0.306 e. The van der Waals surface area contributed by atoms with E-state index in [-0.39, 0.29) is 11.8 Å². The van der Waals surface area contributed by atoms with E-state index in [1.54, 1.807) is 11.8 Å². The van der Waals surface area contributed by atoms with Crippen LogP contribution in [0.1, 0.15) is 51.4 Å². The maximum Gasteiger partial charge on any atom is 0.306 e. The van der Waals surface area contributed by atoms with E-state index in [4.69, 9.17) is 5.11 Å². The molecule has 2 fully saturated rings.